The van der Waals surface area contributed by atoms with E-state index in [2.05, 4.69) is 5.32 Å². The maximum absolute atomic E-state index is 11.8. The minimum atomic E-state index is -0.216. The number of amides is 1. The van der Waals surface area contributed by atoms with Gasteiger partial charge in [0, 0.05) is 47.0 Å². The van der Waals surface area contributed by atoms with Gasteiger partial charge in [-0.3, -0.25) is 9.59 Å². The molecule has 1 aliphatic rings. The first kappa shape index (κ1) is 14.3. The Kier molecular flexibility index (Phi) is 5.21. The van der Waals surface area contributed by atoms with Crippen LogP contribution in [0.5, 0.6) is 0 Å². The second-order valence-corrected chi connectivity index (χ2v) is 6.86. The van der Waals surface area contributed by atoms with Crippen molar-refractivity contribution in [2.24, 2.45) is 0 Å². The molecule has 1 atom stereocenters. The van der Waals surface area contributed by atoms with Crippen LogP contribution in [0.25, 0.3) is 0 Å². The van der Waals surface area contributed by atoms with Crippen molar-refractivity contribution < 1.29 is 4.79 Å². The summed E-state index contributed by atoms with van der Waals surface area (Å²) in [5.41, 5.74) is 5.86. The third-order valence-corrected chi connectivity index (χ3v) is 5.58. The molecule has 2 rings (SSSR count). The second-order valence-electron chi connectivity index (χ2n) is 4.30. The highest BCUT2D eigenvalue weighted by atomic mass is 32.2. The SMILES string of the molecule is Nc1ccc(=O)n(CC(=O)NCC2CSCCS2)c1. The van der Waals surface area contributed by atoms with E-state index in [-0.39, 0.29) is 18.0 Å². The van der Waals surface area contributed by atoms with E-state index in [1.165, 1.54) is 28.6 Å². The number of thioether (sulfide) groups is 2. The van der Waals surface area contributed by atoms with Gasteiger partial charge in [0.05, 0.1) is 0 Å². The average molecular weight is 299 g/mol. The van der Waals surface area contributed by atoms with Gasteiger partial charge in [0.1, 0.15) is 6.54 Å². The van der Waals surface area contributed by atoms with Crippen LogP contribution in [0.2, 0.25) is 0 Å². The van der Waals surface area contributed by atoms with Gasteiger partial charge in [-0.1, -0.05) is 0 Å². The summed E-state index contributed by atoms with van der Waals surface area (Å²) in [5.74, 6) is 3.25. The summed E-state index contributed by atoms with van der Waals surface area (Å²) in [6, 6.07) is 2.91. The van der Waals surface area contributed by atoms with E-state index in [1.807, 2.05) is 23.5 Å². The lowest BCUT2D eigenvalue weighted by atomic mass is 10.4. The Bertz CT molecular complexity index is 498. The monoisotopic (exact) mass is 299 g/mol. The zero-order valence-corrected chi connectivity index (χ0v) is 12.1. The molecule has 5 nitrogen and oxygen atoms in total. The number of carbonyl (C=O) groups excluding carboxylic acids is 1. The fraction of sp³-hybridized carbons (Fsp3) is 0.500. The zero-order chi connectivity index (χ0) is 13.7. The molecule has 3 N–H and O–H groups in total. The summed E-state index contributed by atoms with van der Waals surface area (Å²) < 4.78 is 1.33. The number of nitrogen functional groups attached to an aromatic ring is 1. The number of aromatic nitrogens is 1. The van der Waals surface area contributed by atoms with E-state index in [4.69, 9.17) is 5.73 Å². The smallest absolute Gasteiger partial charge is 0.251 e. The summed E-state index contributed by atoms with van der Waals surface area (Å²) in [6.45, 7) is 0.683. The summed E-state index contributed by atoms with van der Waals surface area (Å²) >= 11 is 3.81. The molecule has 1 aromatic heterocycles. The normalized spacial score (nSPS) is 19.1. The van der Waals surface area contributed by atoms with Gasteiger partial charge in [-0.2, -0.15) is 23.5 Å². The van der Waals surface area contributed by atoms with Crippen LogP contribution >= 0.6 is 23.5 Å². The van der Waals surface area contributed by atoms with Crippen LogP contribution < -0.4 is 16.6 Å². The van der Waals surface area contributed by atoms with Gasteiger partial charge in [0.15, 0.2) is 0 Å². The van der Waals surface area contributed by atoms with Gasteiger partial charge in [-0.05, 0) is 6.07 Å². The predicted molar refractivity (Wildman–Crippen MR) is 81.7 cm³/mol. The Morgan fingerprint density at radius 3 is 3.05 bits per heavy atom. The fourth-order valence-electron chi connectivity index (χ4n) is 1.77. The Morgan fingerprint density at radius 2 is 2.32 bits per heavy atom. The van der Waals surface area contributed by atoms with E-state index in [0.29, 0.717) is 17.5 Å². The predicted octanol–water partition coefficient (Wildman–Crippen LogP) is 0.395. The maximum atomic E-state index is 11.8. The molecule has 0 spiro atoms. The number of nitrogens with two attached hydrogens (primary N) is 1. The standard InChI is InChI=1S/C12H17N3O2S2/c13-9-1-2-12(17)15(6-9)7-11(16)14-5-10-8-18-3-4-19-10/h1-2,6,10H,3-5,7-8,13H2,(H,14,16). The van der Waals surface area contributed by atoms with E-state index in [0.717, 1.165) is 11.5 Å². The molecule has 0 aromatic carbocycles. The highest BCUT2D eigenvalue weighted by Crippen LogP contribution is 2.23. The molecule has 1 aromatic rings. The van der Waals surface area contributed by atoms with Crippen LogP contribution in [0.4, 0.5) is 5.69 Å². The lowest BCUT2D eigenvalue weighted by molar-refractivity contribution is -0.121. The number of nitrogens with one attached hydrogen (secondary N) is 1. The van der Waals surface area contributed by atoms with Crippen LogP contribution in [0.1, 0.15) is 0 Å². The first-order valence-corrected chi connectivity index (χ1v) is 8.27. The minimum absolute atomic E-state index is 0.0222. The van der Waals surface area contributed by atoms with Gasteiger partial charge in [0.25, 0.3) is 5.56 Å². The third kappa shape index (κ3) is 4.50. The first-order chi connectivity index (χ1) is 9.15. The largest absolute Gasteiger partial charge is 0.398 e. The van der Waals surface area contributed by atoms with E-state index in [9.17, 15) is 9.59 Å². The number of rotatable bonds is 4. The average Bonchev–Trinajstić information content (AvgIpc) is 2.42. The van der Waals surface area contributed by atoms with Crippen molar-refractivity contribution in [3.63, 3.8) is 0 Å². The Labute approximate surface area is 120 Å². The molecule has 0 saturated carbocycles. The molecule has 19 heavy (non-hydrogen) atoms. The number of nitrogens with zero attached hydrogens (tertiary/aromatic N) is 1. The number of anilines is 1. The summed E-state index contributed by atoms with van der Waals surface area (Å²) in [6.07, 6.45) is 1.49. The molecule has 1 fully saturated rings. The minimum Gasteiger partial charge on any atom is -0.398 e. The number of hydrogen-bond donors (Lipinski definition) is 2. The molecule has 0 bridgehead atoms. The zero-order valence-electron chi connectivity index (χ0n) is 10.5. The highest BCUT2D eigenvalue weighted by molar-refractivity contribution is 8.06. The number of pyridine rings is 1. The van der Waals surface area contributed by atoms with E-state index in [1.54, 1.807) is 0 Å². The molecule has 2 heterocycles. The summed E-state index contributed by atoms with van der Waals surface area (Å²) in [5, 5.41) is 3.35. The number of carbonyl (C=O) groups is 1. The molecule has 1 saturated heterocycles. The van der Waals surface area contributed by atoms with Crippen LogP contribution in [0.3, 0.4) is 0 Å². The quantitative estimate of drug-likeness (QED) is 0.841. The van der Waals surface area contributed by atoms with Crippen LogP contribution in [-0.2, 0) is 11.3 Å². The number of hydrogen-bond acceptors (Lipinski definition) is 5. The molecular weight excluding hydrogens is 282 g/mol. The lowest BCUT2D eigenvalue weighted by Gasteiger charge is -2.21. The van der Waals surface area contributed by atoms with Crippen molar-refractivity contribution in [3.8, 4) is 0 Å². The summed E-state index contributed by atoms with van der Waals surface area (Å²) in [4.78, 5) is 23.3. The van der Waals surface area contributed by atoms with Crippen LogP contribution in [0.15, 0.2) is 23.1 Å². The molecule has 0 aliphatic carbocycles. The van der Waals surface area contributed by atoms with Gasteiger partial charge < -0.3 is 15.6 Å². The maximum Gasteiger partial charge on any atom is 0.251 e. The first-order valence-electron chi connectivity index (χ1n) is 6.07. The van der Waals surface area contributed by atoms with E-state index < -0.39 is 0 Å². The van der Waals surface area contributed by atoms with Crippen molar-refractivity contribution in [1.82, 2.24) is 9.88 Å². The molecule has 104 valence electrons. The molecule has 0 radical (unpaired) electrons. The second kappa shape index (κ2) is 6.91. The molecule has 1 amide bonds. The third-order valence-electron chi connectivity index (χ3n) is 2.73. The van der Waals surface area contributed by atoms with Gasteiger partial charge >= 0.3 is 0 Å². The van der Waals surface area contributed by atoms with Crippen LogP contribution in [0, 0.1) is 0 Å². The fourth-order valence-corrected chi connectivity index (χ4v) is 4.38. The van der Waals surface area contributed by atoms with E-state index >= 15 is 0 Å². The van der Waals surface area contributed by atoms with Gasteiger partial charge in [-0.25, -0.2) is 0 Å². The Hall–Kier alpha value is -1.08. The van der Waals surface area contributed by atoms with Crippen molar-refractivity contribution in [2.75, 3.05) is 29.5 Å². The molecule has 1 aliphatic heterocycles. The van der Waals surface area contributed by atoms with Crippen molar-refractivity contribution in [1.29, 1.82) is 0 Å². The van der Waals surface area contributed by atoms with Gasteiger partial charge in [-0.15, -0.1) is 0 Å². The van der Waals surface area contributed by atoms with Crippen molar-refractivity contribution >= 4 is 35.1 Å². The van der Waals surface area contributed by atoms with Crippen molar-refractivity contribution in [3.05, 3.63) is 28.7 Å². The summed E-state index contributed by atoms with van der Waals surface area (Å²) in [7, 11) is 0. The Balaban J connectivity index is 1.83. The lowest BCUT2D eigenvalue weighted by Crippen LogP contribution is -2.37. The van der Waals surface area contributed by atoms with Gasteiger partial charge in [0.2, 0.25) is 5.91 Å². The topological polar surface area (TPSA) is 77.1 Å². The van der Waals surface area contributed by atoms with Crippen LogP contribution in [-0.4, -0.2) is 39.5 Å². The molecular formula is C12H17N3O2S2. The Morgan fingerprint density at radius 1 is 1.47 bits per heavy atom. The molecule has 7 heteroatoms. The van der Waals surface area contributed by atoms with Crippen molar-refractivity contribution in [2.45, 2.75) is 11.8 Å². The highest BCUT2D eigenvalue weighted by Gasteiger charge is 2.15. The molecule has 1 unspecified atom stereocenters.